The molecule has 1 aromatic heterocycles. The number of hydrogen-bond acceptors (Lipinski definition) is 8. The Labute approximate surface area is 205 Å². The first-order valence-electron chi connectivity index (χ1n) is 10.6. The van der Waals surface area contributed by atoms with Gasteiger partial charge < -0.3 is 31.2 Å². The number of nitrogen functional groups attached to an aromatic ring is 3. The van der Waals surface area contributed by atoms with Crippen molar-refractivity contribution >= 4 is 28.5 Å². The molecule has 0 saturated heterocycles. The van der Waals surface area contributed by atoms with Gasteiger partial charge in [-0.2, -0.15) is 4.98 Å². The average molecular weight is 492 g/mol. The van der Waals surface area contributed by atoms with Crippen LogP contribution in [-0.2, 0) is 24.1 Å². The molecule has 0 aliphatic heterocycles. The van der Waals surface area contributed by atoms with Crippen LogP contribution in [0.4, 0.5) is 17.5 Å². The average Bonchev–Trinajstić information content (AvgIpc) is 2.85. The Morgan fingerprint density at radius 1 is 0.943 bits per heavy atom. The lowest BCUT2D eigenvalue weighted by molar-refractivity contribution is 0.284. The summed E-state index contributed by atoms with van der Waals surface area (Å²) in [7, 11) is 1.57. The predicted molar refractivity (Wildman–Crippen MR) is 136 cm³/mol. The first-order valence-corrected chi connectivity index (χ1v) is 11.7. The van der Waals surface area contributed by atoms with Gasteiger partial charge >= 0.3 is 0 Å². The molecule has 1 atom stereocenters. The SMILES string of the molecule is COc1cc(Cc2cnc(N)nc2N)ccc1OCc1ccc(S(=O)O)cc1-c1ccc(N)cc1. The minimum atomic E-state index is -2.10. The summed E-state index contributed by atoms with van der Waals surface area (Å²) < 4.78 is 32.8. The van der Waals surface area contributed by atoms with Crippen LogP contribution in [0, 0.1) is 0 Å². The molecule has 0 saturated carbocycles. The fraction of sp³-hybridized carbons (Fsp3) is 0.120. The maximum atomic E-state index is 11.6. The van der Waals surface area contributed by atoms with Crippen molar-refractivity contribution < 1.29 is 18.2 Å². The second kappa shape index (κ2) is 10.4. The molecule has 4 rings (SSSR count). The molecule has 3 aromatic carbocycles. The number of hydrogen-bond donors (Lipinski definition) is 4. The quantitative estimate of drug-likeness (QED) is 0.213. The topological polar surface area (TPSA) is 160 Å². The van der Waals surface area contributed by atoms with Gasteiger partial charge in [-0.1, -0.05) is 24.3 Å². The lowest BCUT2D eigenvalue weighted by Gasteiger charge is -2.15. The molecule has 0 aliphatic carbocycles. The van der Waals surface area contributed by atoms with Gasteiger partial charge in [-0.3, -0.25) is 0 Å². The molecule has 10 heteroatoms. The van der Waals surface area contributed by atoms with Crippen molar-refractivity contribution in [3.8, 4) is 22.6 Å². The normalized spacial score (nSPS) is 11.7. The van der Waals surface area contributed by atoms with Crippen LogP contribution in [0.5, 0.6) is 11.5 Å². The number of nitrogens with zero attached hydrogens (tertiary/aromatic N) is 2. The van der Waals surface area contributed by atoms with Crippen molar-refractivity contribution in [3.63, 3.8) is 0 Å². The van der Waals surface area contributed by atoms with E-state index in [4.69, 9.17) is 26.7 Å². The summed E-state index contributed by atoms with van der Waals surface area (Å²) in [5, 5.41) is 0. The Balaban J connectivity index is 1.58. The highest BCUT2D eigenvalue weighted by molar-refractivity contribution is 7.79. The van der Waals surface area contributed by atoms with E-state index in [2.05, 4.69) is 9.97 Å². The van der Waals surface area contributed by atoms with Crippen LogP contribution in [0.2, 0.25) is 0 Å². The Hall–Kier alpha value is -4.15. The van der Waals surface area contributed by atoms with Crippen molar-refractivity contribution in [1.29, 1.82) is 0 Å². The van der Waals surface area contributed by atoms with Crippen LogP contribution in [-0.4, -0.2) is 25.8 Å². The van der Waals surface area contributed by atoms with Gasteiger partial charge in [0.05, 0.1) is 12.0 Å². The van der Waals surface area contributed by atoms with E-state index >= 15 is 0 Å². The lowest BCUT2D eigenvalue weighted by Crippen LogP contribution is -2.04. The molecule has 0 amide bonds. The highest BCUT2D eigenvalue weighted by Gasteiger charge is 2.13. The van der Waals surface area contributed by atoms with Crippen LogP contribution >= 0.6 is 0 Å². The third-order valence-electron chi connectivity index (χ3n) is 5.43. The molecule has 1 unspecified atom stereocenters. The van der Waals surface area contributed by atoms with E-state index in [0.717, 1.165) is 27.8 Å². The molecular weight excluding hydrogens is 466 g/mol. The molecule has 0 bridgehead atoms. The van der Waals surface area contributed by atoms with E-state index in [1.165, 1.54) is 0 Å². The second-order valence-electron chi connectivity index (χ2n) is 7.78. The summed E-state index contributed by atoms with van der Waals surface area (Å²) in [5.41, 5.74) is 22.1. The van der Waals surface area contributed by atoms with E-state index < -0.39 is 11.1 Å². The summed E-state index contributed by atoms with van der Waals surface area (Å²) in [6.45, 7) is 0.215. The Bertz CT molecular complexity index is 1380. The van der Waals surface area contributed by atoms with Gasteiger partial charge in [-0.15, -0.1) is 0 Å². The van der Waals surface area contributed by atoms with Crippen LogP contribution in [0.1, 0.15) is 16.7 Å². The first kappa shape index (κ1) is 24.0. The summed E-state index contributed by atoms with van der Waals surface area (Å²) in [6, 6.07) is 17.9. The second-order valence-corrected chi connectivity index (χ2v) is 8.75. The van der Waals surface area contributed by atoms with Crippen molar-refractivity contribution in [1.82, 2.24) is 9.97 Å². The molecular formula is C25H25N5O4S. The van der Waals surface area contributed by atoms with E-state index in [0.29, 0.717) is 34.3 Å². The summed E-state index contributed by atoms with van der Waals surface area (Å²) in [5.74, 6) is 1.57. The van der Waals surface area contributed by atoms with Crippen molar-refractivity contribution in [2.75, 3.05) is 24.3 Å². The summed E-state index contributed by atoms with van der Waals surface area (Å²) in [4.78, 5) is 8.30. The van der Waals surface area contributed by atoms with Gasteiger partial charge in [0, 0.05) is 23.9 Å². The van der Waals surface area contributed by atoms with Gasteiger partial charge in [0.1, 0.15) is 12.4 Å². The highest BCUT2D eigenvalue weighted by atomic mass is 32.2. The van der Waals surface area contributed by atoms with E-state index in [9.17, 15) is 8.76 Å². The predicted octanol–water partition coefficient (Wildman–Crippen LogP) is 3.65. The van der Waals surface area contributed by atoms with Gasteiger partial charge in [0.2, 0.25) is 5.95 Å². The molecule has 4 aromatic rings. The molecule has 35 heavy (non-hydrogen) atoms. The van der Waals surface area contributed by atoms with Crippen LogP contribution < -0.4 is 26.7 Å². The number of methoxy groups -OCH3 is 1. The third kappa shape index (κ3) is 5.68. The molecule has 0 fully saturated rings. The zero-order valence-corrected chi connectivity index (χ0v) is 19.8. The number of rotatable bonds is 8. The zero-order chi connectivity index (χ0) is 24.9. The number of benzene rings is 3. The number of ether oxygens (including phenoxy) is 2. The summed E-state index contributed by atoms with van der Waals surface area (Å²) in [6.07, 6.45) is 2.11. The molecule has 1 heterocycles. The highest BCUT2D eigenvalue weighted by Crippen LogP contribution is 2.32. The number of aromatic nitrogens is 2. The minimum Gasteiger partial charge on any atom is -0.493 e. The first-order chi connectivity index (χ1) is 16.8. The fourth-order valence-corrected chi connectivity index (χ4v) is 4.01. The standard InChI is InChI=1S/C25H25N5O4S/c1-33-23-11-15(10-18-13-29-25(28)30-24(18)27)2-9-22(23)34-14-17-5-8-20(35(31)32)12-21(17)16-3-6-19(26)7-4-16/h2-9,11-13H,10,14,26H2,1H3,(H,31,32)(H4,27,28,29,30). The molecule has 180 valence electrons. The minimum absolute atomic E-state index is 0.129. The van der Waals surface area contributed by atoms with Crippen LogP contribution in [0.3, 0.4) is 0 Å². The van der Waals surface area contributed by atoms with E-state index in [1.54, 1.807) is 43.6 Å². The van der Waals surface area contributed by atoms with Gasteiger partial charge in [0.15, 0.2) is 22.6 Å². The zero-order valence-electron chi connectivity index (χ0n) is 19.0. The molecule has 7 N–H and O–H groups in total. The third-order valence-corrected chi connectivity index (χ3v) is 6.08. The van der Waals surface area contributed by atoms with E-state index in [-0.39, 0.29) is 12.6 Å². The number of anilines is 3. The van der Waals surface area contributed by atoms with Gasteiger partial charge in [0.25, 0.3) is 0 Å². The smallest absolute Gasteiger partial charge is 0.221 e. The van der Waals surface area contributed by atoms with Crippen molar-refractivity contribution in [2.45, 2.75) is 17.9 Å². The van der Waals surface area contributed by atoms with Gasteiger partial charge in [-0.05, 0) is 58.7 Å². The molecule has 0 aliphatic rings. The Morgan fingerprint density at radius 2 is 1.71 bits per heavy atom. The lowest BCUT2D eigenvalue weighted by atomic mass is 10.00. The van der Waals surface area contributed by atoms with Crippen molar-refractivity contribution in [3.05, 3.63) is 83.6 Å². The maximum absolute atomic E-state index is 11.6. The van der Waals surface area contributed by atoms with Crippen molar-refractivity contribution in [2.24, 2.45) is 0 Å². The monoisotopic (exact) mass is 491 g/mol. The van der Waals surface area contributed by atoms with Crippen LogP contribution in [0.15, 0.2) is 71.8 Å². The molecule has 9 nitrogen and oxygen atoms in total. The molecule has 0 radical (unpaired) electrons. The Morgan fingerprint density at radius 3 is 2.40 bits per heavy atom. The van der Waals surface area contributed by atoms with Crippen LogP contribution in [0.25, 0.3) is 11.1 Å². The number of nitrogens with two attached hydrogens (primary N) is 3. The van der Waals surface area contributed by atoms with Gasteiger partial charge in [-0.25, -0.2) is 9.19 Å². The molecule has 0 spiro atoms. The van der Waals surface area contributed by atoms with E-state index in [1.807, 2.05) is 30.3 Å². The largest absolute Gasteiger partial charge is 0.493 e. The fourth-order valence-electron chi connectivity index (χ4n) is 3.61. The maximum Gasteiger partial charge on any atom is 0.221 e. The summed E-state index contributed by atoms with van der Waals surface area (Å²) >= 11 is -2.10. The Kier molecular flexibility index (Phi) is 7.14.